The summed E-state index contributed by atoms with van der Waals surface area (Å²) in [7, 11) is 0. The van der Waals surface area contributed by atoms with Gasteiger partial charge in [-0.05, 0) is 32.7 Å². The maximum atomic E-state index is 10.4. The van der Waals surface area contributed by atoms with Crippen LogP contribution in [-0.2, 0) is 0 Å². The van der Waals surface area contributed by atoms with Crippen LogP contribution in [0, 0.1) is 0 Å². The highest BCUT2D eigenvalue weighted by Gasteiger charge is 2.40. The van der Waals surface area contributed by atoms with Crippen molar-refractivity contribution < 1.29 is 20.4 Å². The van der Waals surface area contributed by atoms with Gasteiger partial charge in [-0.2, -0.15) is 0 Å². The zero-order valence-electron chi connectivity index (χ0n) is 11.7. The van der Waals surface area contributed by atoms with E-state index in [0.717, 1.165) is 21.5 Å². The summed E-state index contributed by atoms with van der Waals surface area (Å²) in [6, 6.07) is 15.4. The van der Waals surface area contributed by atoms with Crippen molar-refractivity contribution in [2.45, 2.75) is 24.4 Å². The Bertz CT molecular complexity index is 873. The highest BCUT2D eigenvalue weighted by molar-refractivity contribution is 6.08. The molecule has 1 aliphatic rings. The zero-order valence-corrected chi connectivity index (χ0v) is 11.7. The molecule has 112 valence electrons. The number of benzene rings is 3. The van der Waals surface area contributed by atoms with E-state index < -0.39 is 24.4 Å². The molecule has 4 rings (SSSR count). The van der Waals surface area contributed by atoms with Gasteiger partial charge in [0.25, 0.3) is 0 Å². The minimum absolute atomic E-state index is 0.466. The van der Waals surface area contributed by atoms with Gasteiger partial charge in [0.2, 0.25) is 0 Å². The van der Waals surface area contributed by atoms with Crippen molar-refractivity contribution >= 4 is 21.5 Å². The topological polar surface area (TPSA) is 80.9 Å². The van der Waals surface area contributed by atoms with Gasteiger partial charge in [0.15, 0.2) is 0 Å². The standard InChI is InChI=1S/C18H16O4/c19-15-13-8-7-11-10-4-2-1-3-9(10)5-6-12(11)14(13)16(20)18(22)17(15)21/h1-8,15-22H/t15-,16-,17-,18+/m1/s1. The van der Waals surface area contributed by atoms with Gasteiger partial charge < -0.3 is 20.4 Å². The monoisotopic (exact) mass is 296 g/mol. The van der Waals surface area contributed by atoms with Gasteiger partial charge in [-0.25, -0.2) is 0 Å². The van der Waals surface area contributed by atoms with Crippen LogP contribution < -0.4 is 0 Å². The van der Waals surface area contributed by atoms with E-state index in [1.54, 1.807) is 6.07 Å². The third-order valence-electron chi connectivity index (χ3n) is 4.61. The third kappa shape index (κ3) is 1.72. The number of aliphatic hydroxyl groups excluding tert-OH is 4. The molecule has 4 nitrogen and oxygen atoms in total. The molecule has 0 heterocycles. The summed E-state index contributed by atoms with van der Waals surface area (Å²) in [5.74, 6) is 0. The lowest BCUT2D eigenvalue weighted by Crippen LogP contribution is -2.41. The molecular weight excluding hydrogens is 280 g/mol. The molecule has 0 bridgehead atoms. The highest BCUT2D eigenvalue weighted by atomic mass is 16.4. The Balaban J connectivity index is 2.10. The number of aliphatic hydroxyl groups is 4. The van der Waals surface area contributed by atoms with E-state index in [0.29, 0.717) is 11.1 Å². The van der Waals surface area contributed by atoms with Gasteiger partial charge in [-0.1, -0.05) is 48.5 Å². The van der Waals surface area contributed by atoms with Gasteiger partial charge in [-0.15, -0.1) is 0 Å². The first-order valence-corrected chi connectivity index (χ1v) is 7.26. The van der Waals surface area contributed by atoms with Crippen LogP contribution in [0.5, 0.6) is 0 Å². The van der Waals surface area contributed by atoms with Crippen molar-refractivity contribution in [1.82, 2.24) is 0 Å². The van der Waals surface area contributed by atoms with Crippen molar-refractivity contribution in [3.8, 4) is 0 Å². The fourth-order valence-electron chi connectivity index (χ4n) is 3.44. The maximum absolute atomic E-state index is 10.4. The Hall–Kier alpha value is -1.98. The molecule has 0 saturated heterocycles. The van der Waals surface area contributed by atoms with E-state index in [2.05, 4.69) is 0 Å². The molecule has 0 fully saturated rings. The summed E-state index contributed by atoms with van der Waals surface area (Å²) in [5, 5.41) is 44.2. The third-order valence-corrected chi connectivity index (χ3v) is 4.61. The number of rotatable bonds is 0. The van der Waals surface area contributed by atoms with Gasteiger partial charge in [0.05, 0.1) is 0 Å². The number of fused-ring (bicyclic) bond motifs is 5. The normalized spacial score (nSPS) is 28.0. The van der Waals surface area contributed by atoms with E-state index in [1.165, 1.54) is 0 Å². The van der Waals surface area contributed by atoms with Crippen molar-refractivity contribution in [3.63, 3.8) is 0 Å². The summed E-state index contributed by atoms with van der Waals surface area (Å²) in [6.07, 6.45) is -5.22. The minimum atomic E-state index is -1.40. The summed E-state index contributed by atoms with van der Waals surface area (Å²) < 4.78 is 0. The van der Waals surface area contributed by atoms with Crippen LogP contribution in [0.3, 0.4) is 0 Å². The number of hydrogen-bond donors (Lipinski definition) is 4. The summed E-state index contributed by atoms with van der Waals surface area (Å²) in [6.45, 7) is 0. The Morgan fingerprint density at radius 2 is 1.27 bits per heavy atom. The Kier molecular flexibility index (Phi) is 2.96. The second-order valence-corrected chi connectivity index (χ2v) is 5.82. The zero-order chi connectivity index (χ0) is 15.4. The van der Waals surface area contributed by atoms with Crippen molar-refractivity contribution in [2.75, 3.05) is 0 Å². The average molecular weight is 296 g/mol. The molecule has 0 saturated carbocycles. The molecule has 0 spiro atoms. The molecule has 3 aromatic rings. The second-order valence-electron chi connectivity index (χ2n) is 5.82. The van der Waals surface area contributed by atoms with Crippen LogP contribution in [-0.4, -0.2) is 32.6 Å². The number of hydrogen-bond acceptors (Lipinski definition) is 4. The van der Waals surface area contributed by atoms with Crippen molar-refractivity contribution in [3.05, 3.63) is 59.7 Å². The van der Waals surface area contributed by atoms with Crippen LogP contribution in [0.15, 0.2) is 48.5 Å². The quantitative estimate of drug-likeness (QED) is 0.477. The molecule has 0 amide bonds. The average Bonchev–Trinajstić information content (AvgIpc) is 2.56. The first-order valence-electron chi connectivity index (χ1n) is 7.26. The predicted molar refractivity (Wildman–Crippen MR) is 83.4 cm³/mol. The van der Waals surface area contributed by atoms with E-state index >= 15 is 0 Å². The highest BCUT2D eigenvalue weighted by Crippen LogP contribution is 2.42. The molecule has 4 N–H and O–H groups in total. The lowest BCUT2D eigenvalue weighted by atomic mass is 9.80. The van der Waals surface area contributed by atoms with E-state index in [9.17, 15) is 20.4 Å². The van der Waals surface area contributed by atoms with Crippen LogP contribution in [0.25, 0.3) is 21.5 Å². The molecule has 0 aliphatic heterocycles. The van der Waals surface area contributed by atoms with Crippen molar-refractivity contribution in [1.29, 1.82) is 0 Å². The van der Waals surface area contributed by atoms with E-state index in [4.69, 9.17) is 0 Å². The molecule has 4 atom stereocenters. The molecule has 1 aliphatic carbocycles. The fraction of sp³-hybridized carbons (Fsp3) is 0.222. The Morgan fingerprint density at radius 3 is 2.09 bits per heavy atom. The largest absolute Gasteiger partial charge is 0.387 e. The fourth-order valence-corrected chi connectivity index (χ4v) is 3.44. The molecule has 4 heteroatoms. The molecular formula is C18H16O4. The first-order chi connectivity index (χ1) is 10.6. The lowest BCUT2D eigenvalue weighted by Gasteiger charge is -2.35. The van der Waals surface area contributed by atoms with Gasteiger partial charge in [0.1, 0.15) is 24.4 Å². The molecule has 22 heavy (non-hydrogen) atoms. The summed E-state index contributed by atoms with van der Waals surface area (Å²) in [5.41, 5.74) is 0.960. The molecule has 0 aromatic heterocycles. The molecule has 3 aromatic carbocycles. The molecule has 0 radical (unpaired) electrons. The maximum Gasteiger partial charge on any atom is 0.113 e. The Labute approximate surface area is 126 Å². The summed E-state index contributed by atoms with van der Waals surface area (Å²) in [4.78, 5) is 0. The van der Waals surface area contributed by atoms with E-state index in [-0.39, 0.29) is 0 Å². The van der Waals surface area contributed by atoms with E-state index in [1.807, 2.05) is 42.5 Å². The first kappa shape index (κ1) is 13.7. The lowest BCUT2D eigenvalue weighted by molar-refractivity contribution is -0.119. The van der Waals surface area contributed by atoms with Crippen LogP contribution >= 0.6 is 0 Å². The smallest absolute Gasteiger partial charge is 0.113 e. The van der Waals surface area contributed by atoms with Gasteiger partial charge in [0, 0.05) is 0 Å². The predicted octanol–water partition coefficient (Wildman–Crippen LogP) is 1.80. The van der Waals surface area contributed by atoms with Gasteiger partial charge in [-0.3, -0.25) is 0 Å². The Morgan fingerprint density at radius 1 is 0.591 bits per heavy atom. The van der Waals surface area contributed by atoms with Crippen LogP contribution in [0.4, 0.5) is 0 Å². The summed E-state index contributed by atoms with van der Waals surface area (Å²) >= 11 is 0. The molecule has 0 unspecified atom stereocenters. The minimum Gasteiger partial charge on any atom is -0.387 e. The van der Waals surface area contributed by atoms with Crippen molar-refractivity contribution in [2.24, 2.45) is 0 Å². The second kappa shape index (κ2) is 4.76. The SMILES string of the molecule is O[C@@H]1[C@H](O)[C@H](O)c2ccc3c(ccc4ccccc43)c2[C@H]1O. The van der Waals surface area contributed by atoms with Gasteiger partial charge >= 0.3 is 0 Å². The van der Waals surface area contributed by atoms with Crippen LogP contribution in [0.2, 0.25) is 0 Å². The van der Waals surface area contributed by atoms with Crippen LogP contribution in [0.1, 0.15) is 23.3 Å².